The fourth-order valence-corrected chi connectivity index (χ4v) is 12.0. The van der Waals surface area contributed by atoms with Gasteiger partial charge >= 0.3 is 0 Å². The van der Waals surface area contributed by atoms with E-state index in [4.69, 9.17) is 4.99 Å². The lowest BCUT2D eigenvalue weighted by molar-refractivity contribution is 0.365. The second-order valence-electron chi connectivity index (χ2n) is 18.7. The molecule has 1 nitrogen and oxygen atoms in total. The molecular weight excluding hydrogens is 735 g/mol. The van der Waals surface area contributed by atoms with E-state index in [-0.39, 0.29) is 22.7 Å². The molecule has 0 aromatic heterocycles. The normalized spacial score (nSPS) is 30.5. The van der Waals surface area contributed by atoms with E-state index in [1.165, 1.54) is 39.8 Å². The third-order valence-corrected chi connectivity index (χ3v) is 15.0. The molecule has 0 bridgehead atoms. The van der Waals surface area contributed by atoms with Crippen molar-refractivity contribution in [3.63, 3.8) is 0 Å². The Kier molecular flexibility index (Phi) is 10.7. The summed E-state index contributed by atoms with van der Waals surface area (Å²) < 4.78 is 0. The summed E-state index contributed by atoms with van der Waals surface area (Å²) in [5, 5.41) is 0. The van der Waals surface area contributed by atoms with E-state index in [0.717, 1.165) is 55.5 Å². The maximum absolute atomic E-state index is 5.65. The Morgan fingerprint density at radius 3 is 2.21 bits per heavy atom. The van der Waals surface area contributed by atoms with E-state index >= 15 is 0 Å². The maximum Gasteiger partial charge on any atom is 0.0708 e. The third kappa shape index (κ3) is 7.11. The monoisotopic (exact) mass is 793 g/mol. The van der Waals surface area contributed by atoms with Crippen LogP contribution in [0.15, 0.2) is 221 Å². The van der Waals surface area contributed by atoms with Crippen LogP contribution in [0.2, 0.25) is 0 Å². The zero-order chi connectivity index (χ0) is 41.4. The van der Waals surface area contributed by atoms with Gasteiger partial charge < -0.3 is 0 Å². The van der Waals surface area contributed by atoms with Crippen LogP contribution in [0, 0.1) is 35.0 Å². The maximum atomic E-state index is 5.65. The number of nitrogens with zero attached hydrogens (tertiary/aromatic N) is 1. The summed E-state index contributed by atoms with van der Waals surface area (Å²) >= 11 is 0. The van der Waals surface area contributed by atoms with Crippen LogP contribution in [-0.2, 0) is 5.41 Å². The minimum Gasteiger partial charge on any atom is -0.252 e. The molecule has 0 saturated carbocycles. The fourth-order valence-electron chi connectivity index (χ4n) is 12.0. The van der Waals surface area contributed by atoms with Crippen LogP contribution in [0.1, 0.15) is 88.0 Å². The van der Waals surface area contributed by atoms with Gasteiger partial charge in [0, 0.05) is 28.0 Å². The summed E-state index contributed by atoms with van der Waals surface area (Å²) in [5.74, 6) is 1.89. The number of allylic oxidation sites excluding steroid dienone is 23. The van der Waals surface area contributed by atoms with Crippen molar-refractivity contribution < 1.29 is 0 Å². The summed E-state index contributed by atoms with van der Waals surface area (Å²) in [4.78, 5) is 5.65. The van der Waals surface area contributed by atoms with Gasteiger partial charge in [-0.15, -0.1) is 0 Å². The first-order chi connectivity index (χ1) is 29.9. The molecule has 7 aliphatic rings. The van der Waals surface area contributed by atoms with Gasteiger partial charge in [0.15, 0.2) is 0 Å². The van der Waals surface area contributed by atoms with Crippen molar-refractivity contribution >= 4 is 16.9 Å². The fraction of sp³-hybridized carbons (Fsp3) is 0.283. The van der Waals surface area contributed by atoms with E-state index in [9.17, 15) is 0 Å². The average Bonchev–Trinajstić information content (AvgIpc) is 3.61. The topological polar surface area (TPSA) is 12.4 Å². The van der Waals surface area contributed by atoms with Crippen LogP contribution >= 0.6 is 0 Å². The molecule has 10 rings (SSSR count). The molecular formula is C60H59N. The van der Waals surface area contributed by atoms with Gasteiger partial charge in [0.05, 0.1) is 5.71 Å². The zero-order valence-electron chi connectivity index (χ0n) is 36.2. The molecule has 61 heavy (non-hydrogen) atoms. The van der Waals surface area contributed by atoms with Gasteiger partial charge in [-0.1, -0.05) is 214 Å². The van der Waals surface area contributed by atoms with Crippen LogP contribution in [0.5, 0.6) is 0 Å². The molecule has 3 aromatic carbocycles. The lowest BCUT2D eigenvalue weighted by Crippen LogP contribution is -2.42. The van der Waals surface area contributed by atoms with Gasteiger partial charge in [-0.25, -0.2) is 0 Å². The van der Waals surface area contributed by atoms with E-state index in [2.05, 4.69) is 209 Å². The molecule has 1 heteroatoms. The number of aliphatic imine (C=N–C) groups is 1. The summed E-state index contributed by atoms with van der Waals surface area (Å²) in [5.41, 5.74) is 15.7. The van der Waals surface area contributed by atoms with Crippen molar-refractivity contribution in [1.29, 1.82) is 0 Å². The van der Waals surface area contributed by atoms with Crippen molar-refractivity contribution in [2.45, 2.75) is 71.1 Å². The van der Waals surface area contributed by atoms with Crippen molar-refractivity contribution in [3.05, 3.63) is 238 Å². The predicted molar refractivity (Wildman–Crippen MR) is 259 cm³/mol. The molecule has 0 radical (unpaired) electrons. The van der Waals surface area contributed by atoms with Gasteiger partial charge in [-0.05, 0) is 114 Å². The van der Waals surface area contributed by atoms with Crippen molar-refractivity contribution in [2.75, 3.05) is 0 Å². The Morgan fingerprint density at radius 1 is 0.672 bits per heavy atom. The first kappa shape index (κ1) is 39.4. The summed E-state index contributed by atoms with van der Waals surface area (Å²) in [6.45, 7) is 7.46. The van der Waals surface area contributed by atoms with Crippen molar-refractivity contribution in [3.8, 4) is 0 Å². The minimum atomic E-state index is -0.307. The molecule has 304 valence electrons. The Balaban J connectivity index is 1.08. The Bertz CT molecular complexity index is 2590. The summed E-state index contributed by atoms with van der Waals surface area (Å²) in [6, 6.07) is 31.6. The van der Waals surface area contributed by atoms with Crippen LogP contribution in [-0.4, -0.2) is 5.71 Å². The van der Waals surface area contributed by atoms with E-state index in [0.29, 0.717) is 17.8 Å². The van der Waals surface area contributed by atoms with E-state index < -0.39 is 0 Å². The van der Waals surface area contributed by atoms with Crippen LogP contribution in [0.4, 0.5) is 0 Å². The summed E-state index contributed by atoms with van der Waals surface area (Å²) in [7, 11) is 0. The van der Waals surface area contributed by atoms with Gasteiger partial charge in [-0.2, -0.15) is 0 Å². The van der Waals surface area contributed by atoms with Crippen LogP contribution < -0.4 is 0 Å². The second-order valence-corrected chi connectivity index (χ2v) is 18.7. The van der Waals surface area contributed by atoms with E-state index in [1.807, 2.05) is 0 Å². The van der Waals surface area contributed by atoms with E-state index in [1.54, 1.807) is 16.7 Å². The molecule has 7 atom stereocenters. The molecule has 0 spiro atoms. The molecule has 6 aliphatic carbocycles. The Hall–Kier alpha value is -5.79. The van der Waals surface area contributed by atoms with Crippen molar-refractivity contribution in [2.24, 2.45) is 40.0 Å². The number of benzene rings is 3. The molecule has 7 unspecified atom stereocenters. The minimum absolute atomic E-state index is 0.0584. The highest BCUT2D eigenvalue weighted by Crippen LogP contribution is 2.60. The Morgan fingerprint density at radius 2 is 1.43 bits per heavy atom. The first-order valence-corrected chi connectivity index (χ1v) is 23.0. The molecule has 3 aromatic rings. The average molecular weight is 794 g/mol. The van der Waals surface area contributed by atoms with Gasteiger partial charge in [0.25, 0.3) is 0 Å². The molecule has 1 aliphatic heterocycles. The lowest BCUT2D eigenvalue weighted by Gasteiger charge is -2.49. The predicted octanol–water partition coefficient (Wildman–Crippen LogP) is 15.2. The van der Waals surface area contributed by atoms with Gasteiger partial charge in [-0.3, -0.25) is 4.99 Å². The first-order valence-electron chi connectivity index (χ1n) is 23.0. The molecule has 0 N–H and O–H groups in total. The highest BCUT2D eigenvalue weighted by molar-refractivity contribution is 6.13. The van der Waals surface area contributed by atoms with Crippen molar-refractivity contribution in [1.82, 2.24) is 0 Å². The quantitative estimate of drug-likeness (QED) is 0.226. The number of hydrogen-bond donors (Lipinski definition) is 0. The lowest BCUT2D eigenvalue weighted by atomic mass is 9.54. The molecule has 0 amide bonds. The molecule has 0 saturated heterocycles. The third-order valence-electron chi connectivity index (χ3n) is 15.0. The largest absolute Gasteiger partial charge is 0.252 e. The van der Waals surface area contributed by atoms with Crippen LogP contribution in [0.3, 0.4) is 0 Å². The SMILES string of the molecule is CC1CC=CC2=C1C(C)CC1CC=CC=C1C2(c1ccccc1)C1C=C(C2(C)C=CC=CC2C2=CCC(c3ccc(C4=CC=CCC4)cc3)=CC(c3ccccc3)=N2)C=CC1. The smallest absolute Gasteiger partial charge is 0.0708 e. The second kappa shape index (κ2) is 16.6. The van der Waals surface area contributed by atoms with Gasteiger partial charge in [0.1, 0.15) is 0 Å². The highest BCUT2D eigenvalue weighted by atomic mass is 14.8. The number of hydrogen-bond acceptors (Lipinski definition) is 1. The zero-order valence-corrected chi connectivity index (χ0v) is 36.2. The molecule has 0 fully saturated rings. The number of fused-ring (bicyclic) bond motifs is 1. The Labute approximate surface area is 364 Å². The van der Waals surface area contributed by atoms with Gasteiger partial charge in [0.2, 0.25) is 0 Å². The van der Waals surface area contributed by atoms with Crippen LogP contribution in [0.25, 0.3) is 11.1 Å². The molecule has 1 heterocycles. The standard InChI is InChI=1S/C60H59N/c1-42-19-17-31-55-58(42)43(2)39-49-24-13-14-29-53(49)60(55,50-25-11-6-12-26-50)52-28-18-27-51(41-52)59(3)38-16-15-30-54(59)56-37-36-48(40-57(61-56)47-22-9-5-10-23-47)46-34-32-45(33-35-46)44-20-7-4-8-21-44/h4-7,9-18,20,22-23,25-27,29-35,37-38,40-43,49,52,54H,8,19,21,24,28,36,39H2,1-3H3. The number of rotatable bonds is 7. The highest BCUT2D eigenvalue weighted by Gasteiger charge is 2.52. The summed E-state index contributed by atoms with van der Waals surface area (Å²) in [6.07, 6.45) is 48.4.